The van der Waals surface area contributed by atoms with E-state index in [0.29, 0.717) is 14.0 Å². The molecule has 0 spiro atoms. The molecule has 1 atom stereocenters. The zero-order chi connectivity index (χ0) is 19.5. The maximum atomic E-state index is 14.1. The van der Waals surface area contributed by atoms with Crippen LogP contribution in [0.5, 0.6) is 0 Å². The summed E-state index contributed by atoms with van der Waals surface area (Å²) in [6.45, 7) is 0. The molecule has 26 heavy (non-hydrogen) atoms. The molecule has 1 N–H and O–H groups in total. The average Bonchev–Trinajstić information content (AvgIpc) is 2.93. The van der Waals surface area contributed by atoms with Gasteiger partial charge in [0.25, 0.3) is 5.92 Å². The number of rotatable bonds is 1. The Hall–Kier alpha value is -2.41. The Balaban J connectivity index is 2.32. The first-order chi connectivity index (χ1) is 11.9. The number of aliphatic hydroxyl groups is 1. The maximum Gasteiger partial charge on any atom is 0.418 e. The third-order valence-corrected chi connectivity index (χ3v) is 4.64. The molecule has 0 saturated heterocycles. The highest BCUT2D eigenvalue weighted by Crippen LogP contribution is 2.50. The van der Waals surface area contributed by atoms with Gasteiger partial charge in [0.2, 0.25) is 0 Å². The Bertz CT molecular complexity index is 926. The van der Waals surface area contributed by atoms with Crippen LogP contribution in [0, 0.1) is 17.1 Å². The van der Waals surface area contributed by atoms with Gasteiger partial charge >= 0.3 is 6.18 Å². The average molecular weight is 372 g/mol. The lowest BCUT2D eigenvalue weighted by atomic mass is 9.65. The highest BCUT2D eigenvalue weighted by Gasteiger charge is 2.57. The summed E-state index contributed by atoms with van der Waals surface area (Å²) < 4.78 is 82.9. The lowest BCUT2D eigenvalue weighted by Crippen LogP contribution is -2.50. The minimum atomic E-state index is -4.98. The lowest BCUT2D eigenvalue weighted by molar-refractivity contribution is -0.161. The Kier molecular flexibility index (Phi) is 3.92. The van der Waals surface area contributed by atoms with Crippen molar-refractivity contribution in [1.82, 2.24) is 4.57 Å². The molecule has 0 bridgehead atoms. The van der Waals surface area contributed by atoms with E-state index in [1.165, 1.54) is 0 Å². The zero-order valence-corrected chi connectivity index (χ0v) is 13.3. The van der Waals surface area contributed by atoms with Crippen LogP contribution in [0.1, 0.15) is 28.8 Å². The fourth-order valence-corrected chi connectivity index (χ4v) is 3.23. The number of benzene rings is 1. The molecule has 0 unspecified atom stereocenters. The van der Waals surface area contributed by atoms with Gasteiger partial charge in [-0.25, -0.2) is 13.2 Å². The Morgan fingerprint density at radius 1 is 1.27 bits per heavy atom. The molecule has 1 aromatic heterocycles. The smallest absolute Gasteiger partial charge is 0.388 e. The van der Waals surface area contributed by atoms with E-state index in [2.05, 4.69) is 0 Å². The normalized spacial score (nSPS) is 21.9. The van der Waals surface area contributed by atoms with Gasteiger partial charge in [0.05, 0.1) is 11.1 Å². The van der Waals surface area contributed by atoms with Crippen molar-refractivity contribution >= 4 is 7.85 Å². The topological polar surface area (TPSA) is 49.0 Å². The minimum absolute atomic E-state index is 0.00992. The number of hydrogen-bond donors (Lipinski definition) is 1. The van der Waals surface area contributed by atoms with Crippen molar-refractivity contribution in [2.45, 2.75) is 30.4 Å². The van der Waals surface area contributed by atoms with E-state index in [-0.39, 0.29) is 11.4 Å². The van der Waals surface area contributed by atoms with Gasteiger partial charge in [-0.05, 0) is 24.6 Å². The van der Waals surface area contributed by atoms with Crippen LogP contribution in [0.2, 0.25) is 0 Å². The Morgan fingerprint density at radius 2 is 1.92 bits per heavy atom. The molecule has 1 aliphatic carbocycles. The molecular weight excluding hydrogens is 361 g/mol. The third kappa shape index (κ3) is 2.58. The van der Waals surface area contributed by atoms with Crippen LogP contribution in [0.15, 0.2) is 24.4 Å². The summed E-state index contributed by atoms with van der Waals surface area (Å²) in [5.41, 5.74) is -5.84. The van der Waals surface area contributed by atoms with Gasteiger partial charge < -0.3 is 9.67 Å². The highest BCUT2D eigenvalue weighted by atomic mass is 19.4. The molecule has 10 heteroatoms. The molecule has 3 rings (SSSR count). The predicted octanol–water partition coefficient (Wildman–Crippen LogP) is 2.87. The first-order valence-corrected chi connectivity index (χ1v) is 7.52. The van der Waals surface area contributed by atoms with Gasteiger partial charge in [-0.3, -0.25) is 0 Å². The summed E-state index contributed by atoms with van der Waals surface area (Å²) in [6.07, 6.45) is -5.66. The fourth-order valence-electron chi connectivity index (χ4n) is 3.23. The van der Waals surface area contributed by atoms with Crippen molar-refractivity contribution in [2.24, 2.45) is 0 Å². The molecule has 3 nitrogen and oxygen atoms in total. The number of nitriles is 1. The fraction of sp³-hybridized carbons (Fsp3) is 0.312. The molecule has 0 fully saturated rings. The summed E-state index contributed by atoms with van der Waals surface area (Å²) in [5, 5.41) is 19.1. The molecule has 2 aromatic rings. The van der Waals surface area contributed by atoms with Crippen molar-refractivity contribution in [2.75, 3.05) is 0 Å². The number of hydrogen-bond acceptors (Lipinski definition) is 2. The van der Waals surface area contributed by atoms with Gasteiger partial charge in [-0.2, -0.15) is 18.4 Å². The standard InChI is InChI=1S/C16H11BF6N2O/c17-15(26)13-10(16(21,22)23)7-25(12(13)3-4-14(15,19)20)9-1-2-11(18)8(5-9)6-24/h1-2,5,7,26H,3-4,17H2/t15-/m0/s1. The highest BCUT2D eigenvalue weighted by molar-refractivity contribution is 6.16. The molecule has 0 saturated carbocycles. The van der Waals surface area contributed by atoms with E-state index in [4.69, 9.17) is 5.26 Å². The predicted molar refractivity (Wildman–Crippen MR) is 81.2 cm³/mol. The van der Waals surface area contributed by atoms with Crippen LogP contribution < -0.4 is 0 Å². The van der Waals surface area contributed by atoms with Gasteiger partial charge in [-0.1, -0.05) is 0 Å². The number of alkyl halides is 5. The second-order valence-electron chi connectivity index (χ2n) is 6.28. The number of aromatic nitrogens is 1. The minimum Gasteiger partial charge on any atom is -0.388 e. The first kappa shape index (κ1) is 18.4. The quantitative estimate of drug-likeness (QED) is 0.618. The summed E-state index contributed by atoms with van der Waals surface area (Å²) in [7, 11) is 0.649. The van der Waals surface area contributed by atoms with Crippen LogP contribution >= 0.6 is 0 Å². The van der Waals surface area contributed by atoms with Gasteiger partial charge in [0.15, 0.2) is 7.85 Å². The van der Waals surface area contributed by atoms with Crippen LogP contribution in [-0.2, 0) is 18.1 Å². The molecule has 1 aromatic carbocycles. The van der Waals surface area contributed by atoms with Gasteiger partial charge in [0, 0.05) is 29.6 Å². The maximum absolute atomic E-state index is 14.1. The second kappa shape index (κ2) is 5.54. The SMILES string of the molecule is B[C@]1(O)c2c(C(F)(F)F)cn(-c3ccc(F)c(C#N)c3)c2CCC1(F)F. The number of fused-ring (bicyclic) bond motifs is 1. The van der Waals surface area contributed by atoms with Crippen molar-refractivity contribution in [3.05, 3.63) is 52.6 Å². The van der Waals surface area contributed by atoms with E-state index in [9.17, 15) is 31.4 Å². The van der Waals surface area contributed by atoms with E-state index in [1.807, 2.05) is 0 Å². The molecule has 1 heterocycles. The van der Waals surface area contributed by atoms with E-state index >= 15 is 0 Å². The largest absolute Gasteiger partial charge is 0.418 e. The first-order valence-electron chi connectivity index (χ1n) is 7.52. The lowest BCUT2D eigenvalue weighted by Gasteiger charge is -2.38. The molecule has 0 radical (unpaired) electrons. The summed E-state index contributed by atoms with van der Waals surface area (Å²) in [6, 6.07) is 4.64. The monoisotopic (exact) mass is 372 g/mol. The molecule has 0 amide bonds. The summed E-state index contributed by atoms with van der Waals surface area (Å²) >= 11 is 0. The molecular formula is C16H11BF6N2O. The van der Waals surface area contributed by atoms with E-state index in [0.717, 1.165) is 22.8 Å². The van der Waals surface area contributed by atoms with Crippen molar-refractivity contribution in [3.63, 3.8) is 0 Å². The Morgan fingerprint density at radius 3 is 2.50 bits per heavy atom. The van der Waals surface area contributed by atoms with E-state index in [1.54, 1.807) is 6.07 Å². The molecule has 136 valence electrons. The summed E-state index contributed by atoms with van der Waals surface area (Å²) in [5.74, 6) is -4.60. The molecule has 1 aliphatic rings. The van der Waals surface area contributed by atoms with Crippen molar-refractivity contribution in [3.8, 4) is 11.8 Å². The van der Waals surface area contributed by atoms with Crippen LogP contribution in [0.25, 0.3) is 5.69 Å². The molecule has 0 aliphatic heterocycles. The van der Waals surface area contributed by atoms with E-state index < -0.39 is 52.9 Å². The van der Waals surface area contributed by atoms with Crippen LogP contribution in [0.4, 0.5) is 26.3 Å². The van der Waals surface area contributed by atoms with Crippen molar-refractivity contribution in [1.29, 1.82) is 5.26 Å². The van der Waals surface area contributed by atoms with Gasteiger partial charge in [0.1, 0.15) is 17.4 Å². The Labute approximate surface area is 144 Å². The number of nitrogens with zero attached hydrogens (tertiary/aromatic N) is 2. The van der Waals surface area contributed by atoms with Crippen molar-refractivity contribution < 1.29 is 31.4 Å². The van der Waals surface area contributed by atoms with Crippen LogP contribution in [0.3, 0.4) is 0 Å². The second-order valence-corrected chi connectivity index (χ2v) is 6.28. The van der Waals surface area contributed by atoms with Gasteiger partial charge in [-0.15, -0.1) is 0 Å². The third-order valence-electron chi connectivity index (χ3n) is 4.64. The summed E-state index contributed by atoms with van der Waals surface area (Å²) in [4.78, 5) is 0. The van der Waals surface area contributed by atoms with Crippen LogP contribution in [-0.4, -0.2) is 23.4 Å². The zero-order valence-electron chi connectivity index (χ0n) is 13.3. The number of halogens is 6.